The molecule has 3 rings (SSSR count). The first-order valence-corrected chi connectivity index (χ1v) is 9.59. The van der Waals surface area contributed by atoms with Crippen LogP contribution in [0.3, 0.4) is 0 Å². The van der Waals surface area contributed by atoms with E-state index in [0.717, 1.165) is 55.5 Å². The lowest BCUT2D eigenvalue weighted by atomic mass is 9.97. The van der Waals surface area contributed by atoms with Gasteiger partial charge >= 0.3 is 0 Å². The van der Waals surface area contributed by atoms with Gasteiger partial charge in [-0.2, -0.15) is 0 Å². The summed E-state index contributed by atoms with van der Waals surface area (Å²) in [7, 11) is 1.67. The molecule has 25 heavy (non-hydrogen) atoms. The Hall–Kier alpha value is -1.85. The van der Waals surface area contributed by atoms with Gasteiger partial charge in [0.05, 0.1) is 18.6 Å². The molecule has 0 spiro atoms. The van der Waals surface area contributed by atoms with Gasteiger partial charge in [0.25, 0.3) is 0 Å². The average Bonchev–Trinajstić information content (AvgIpc) is 3.10. The molecule has 1 aromatic heterocycles. The first-order valence-electron chi connectivity index (χ1n) is 8.71. The average molecular weight is 359 g/mol. The molecule has 2 heterocycles. The number of carbonyl (C=O) groups is 1. The zero-order valence-corrected chi connectivity index (χ0v) is 15.7. The fourth-order valence-corrected chi connectivity index (χ4v) is 3.90. The minimum Gasteiger partial charge on any atom is -0.497 e. The lowest BCUT2D eigenvalue weighted by Crippen LogP contribution is -2.35. The van der Waals surface area contributed by atoms with Crippen LogP contribution in [0.4, 0.5) is 0 Å². The lowest BCUT2D eigenvalue weighted by Gasteiger charge is -2.31. The monoisotopic (exact) mass is 359 g/mol. The molecule has 134 valence electrons. The van der Waals surface area contributed by atoms with Crippen molar-refractivity contribution in [2.45, 2.75) is 26.3 Å². The zero-order chi connectivity index (χ0) is 17.6. The van der Waals surface area contributed by atoms with E-state index in [9.17, 15) is 4.79 Å². The third kappa shape index (κ3) is 5.06. The number of hydrogen-bond donors (Lipinski definition) is 0. The Morgan fingerprint density at radius 2 is 1.88 bits per heavy atom. The van der Waals surface area contributed by atoms with Crippen LogP contribution in [0, 0.1) is 5.92 Å². The molecule has 1 aliphatic rings. The van der Waals surface area contributed by atoms with Crippen LogP contribution in [-0.4, -0.2) is 37.5 Å². The number of ketones is 1. The summed E-state index contributed by atoms with van der Waals surface area (Å²) in [6, 6.07) is 9.79. The van der Waals surface area contributed by atoms with Crippen molar-refractivity contribution in [3.05, 3.63) is 46.2 Å². The number of thiophene rings is 1. The van der Waals surface area contributed by atoms with Crippen LogP contribution in [0.5, 0.6) is 11.5 Å². The Balaban J connectivity index is 1.41. The quantitative estimate of drug-likeness (QED) is 0.693. The molecule has 2 aromatic rings. The number of methoxy groups -OCH3 is 1. The Morgan fingerprint density at radius 1 is 1.20 bits per heavy atom. The SMILES string of the molecule is COc1ccc(OCC2CCN(Cc3csc(C(C)=O)c3)CC2)cc1. The van der Waals surface area contributed by atoms with Gasteiger partial charge in [-0.05, 0) is 80.0 Å². The summed E-state index contributed by atoms with van der Waals surface area (Å²) in [6.07, 6.45) is 2.31. The number of ether oxygens (including phenoxy) is 2. The second-order valence-electron chi connectivity index (χ2n) is 6.58. The molecule has 0 saturated carbocycles. The number of benzene rings is 1. The van der Waals surface area contributed by atoms with Crippen molar-refractivity contribution in [1.82, 2.24) is 4.90 Å². The standard InChI is InChI=1S/C20H25NO3S/c1-15(22)20-11-17(14-25-20)12-21-9-7-16(8-10-21)13-24-19-5-3-18(23-2)4-6-19/h3-6,11,14,16H,7-10,12-13H2,1-2H3. The second-order valence-corrected chi connectivity index (χ2v) is 7.49. The molecule has 0 bridgehead atoms. The van der Waals surface area contributed by atoms with Gasteiger partial charge in [-0.25, -0.2) is 0 Å². The summed E-state index contributed by atoms with van der Waals surface area (Å²) in [5.74, 6) is 2.51. The summed E-state index contributed by atoms with van der Waals surface area (Å²) in [4.78, 5) is 14.7. The number of rotatable bonds is 7. The van der Waals surface area contributed by atoms with E-state index in [2.05, 4.69) is 10.3 Å². The van der Waals surface area contributed by atoms with Gasteiger partial charge in [0.15, 0.2) is 5.78 Å². The van der Waals surface area contributed by atoms with E-state index in [1.165, 1.54) is 5.56 Å². The molecule has 0 amide bonds. The molecular formula is C20H25NO3S. The van der Waals surface area contributed by atoms with Crippen molar-refractivity contribution in [3.8, 4) is 11.5 Å². The maximum atomic E-state index is 11.4. The summed E-state index contributed by atoms with van der Waals surface area (Å²) in [5, 5.41) is 2.11. The smallest absolute Gasteiger partial charge is 0.169 e. The molecule has 0 unspecified atom stereocenters. The number of Topliss-reactive ketones (excluding diaryl/α,β-unsaturated/α-hetero) is 1. The first-order chi connectivity index (χ1) is 12.1. The number of piperidine rings is 1. The molecule has 1 aromatic carbocycles. The van der Waals surface area contributed by atoms with Crippen LogP contribution in [0.15, 0.2) is 35.7 Å². The Morgan fingerprint density at radius 3 is 2.48 bits per heavy atom. The molecular weight excluding hydrogens is 334 g/mol. The number of hydrogen-bond acceptors (Lipinski definition) is 5. The van der Waals surface area contributed by atoms with E-state index in [0.29, 0.717) is 5.92 Å². The van der Waals surface area contributed by atoms with Crippen molar-refractivity contribution in [1.29, 1.82) is 0 Å². The highest BCUT2D eigenvalue weighted by Gasteiger charge is 2.20. The van der Waals surface area contributed by atoms with Gasteiger partial charge < -0.3 is 9.47 Å². The van der Waals surface area contributed by atoms with Crippen LogP contribution in [-0.2, 0) is 6.54 Å². The molecule has 1 aliphatic heterocycles. The maximum absolute atomic E-state index is 11.4. The minimum atomic E-state index is 0.158. The lowest BCUT2D eigenvalue weighted by molar-refractivity contribution is 0.102. The molecule has 0 atom stereocenters. The van der Waals surface area contributed by atoms with E-state index >= 15 is 0 Å². The Labute approximate surface area is 153 Å². The summed E-state index contributed by atoms with van der Waals surface area (Å²) >= 11 is 1.55. The second kappa shape index (κ2) is 8.50. The summed E-state index contributed by atoms with van der Waals surface area (Å²) in [6.45, 7) is 5.51. The van der Waals surface area contributed by atoms with Gasteiger partial charge in [-0.1, -0.05) is 0 Å². The third-order valence-corrected chi connectivity index (χ3v) is 5.74. The summed E-state index contributed by atoms with van der Waals surface area (Å²) in [5.41, 5.74) is 1.25. The van der Waals surface area contributed by atoms with Crippen molar-refractivity contribution in [2.75, 3.05) is 26.8 Å². The Kier molecular flexibility index (Phi) is 6.10. The predicted molar refractivity (Wildman–Crippen MR) is 101 cm³/mol. The molecule has 0 N–H and O–H groups in total. The van der Waals surface area contributed by atoms with Crippen molar-refractivity contribution < 1.29 is 14.3 Å². The molecule has 1 saturated heterocycles. The predicted octanol–water partition coefficient (Wildman–Crippen LogP) is 4.25. The number of nitrogens with zero attached hydrogens (tertiary/aromatic N) is 1. The highest BCUT2D eigenvalue weighted by molar-refractivity contribution is 7.12. The van der Waals surface area contributed by atoms with E-state index in [1.54, 1.807) is 25.4 Å². The van der Waals surface area contributed by atoms with Crippen molar-refractivity contribution in [3.63, 3.8) is 0 Å². The minimum absolute atomic E-state index is 0.158. The van der Waals surface area contributed by atoms with E-state index in [4.69, 9.17) is 9.47 Å². The fourth-order valence-electron chi connectivity index (χ4n) is 3.10. The molecule has 5 heteroatoms. The van der Waals surface area contributed by atoms with Gasteiger partial charge in [-0.15, -0.1) is 11.3 Å². The van der Waals surface area contributed by atoms with Gasteiger partial charge in [0.1, 0.15) is 11.5 Å². The normalized spacial score (nSPS) is 15.9. The molecule has 0 radical (unpaired) electrons. The molecule has 0 aliphatic carbocycles. The van der Waals surface area contributed by atoms with E-state index < -0.39 is 0 Å². The van der Waals surface area contributed by atoms with Crippen LogP contribution in [0.1, 0.15) is 35.0 Å². The van der Waals surface area contributed by atoms with Crippen LogP contribution >= 0.6 is 11.3 Å². The highest BCUT2D eigenvalue weighted by atomic mass is 32.1. The number of carbonyl (C=O) groups excluding carboxylic acids is 1. The van der Waals surface area contributed by atoms with Crippen molar-refractivity contribution in [2.24, 2.45) is 5.92 Å². The van der Waals surface area contributed by atoms with Crippen LogP contribution in [0.2, 0.25) is 0 Å². The third-order valence-electron chi connectivity index (χ3n) is 4.66. The van der Waals surface area contributed by atoms with Crippen LogP contribution in [0.25, 0.3) is 0 Å². The topological polar surface area (TPSA) is 38.8 Å². The van der Waals surface area contributed by atoms with Gasteiger partial charge in [0, 0.05) is 6.54 Å². The van der Waals surface area contributed by atoms with Crippen molar-refractivity contribution >= 4 is 17.1 Å². The van der Waals surface area contributed by atoms with Gasteiger partial charge in [-0.3, -0.25) is 9.69 Å². The maximum Gasteiger partial charge on any atom is 0.169 e. The van der Waals surface area contributed by atoms with E-state index in [-0.39, 0.29) is 5.78 Å². The van der Waals surface area contributed by atoms with E-state index in [1.807, 2.05) is 30.3 Å². The highest BCUT2D eigenvalue weighted by Crippen LogP contribution is 2.23. The van der Waals surface area contributed by atoms with Crippen LogP contribution < -0.4 is 9.47 Å². The first kappa shape index (κ1) is 18.0. The van der Waals surface area contributed by atoms with Gasteiger partial charge in [0.2, 0.25) is 0 Å². The molecule has 1 fully saturated rings. The Bertz CT molecular complexity index is 687. The summed E-state index contributed by atoms with van der Waals surface area (Å²) < 4.78 is 11.1. The zero-order valence-electron chi connectivity index (χ0n) is 14.9. The fraction of sp³-hybridized carbons (Fsp3) is 0.450. The number of likely N-dealkylation sites (tertiary alicyclic amines) is 1. The molecule has 4 nitrogen and oxygen atoms in total. The largest absolute Gasteiger partial charge is 0.497 e.